The van der Waals surface area contributed by atoms with Gasteiger partial charge in [-0.25, -0.2) is 19.3 Å². The second kappa shape index (κ2) is 14.8. The molecule has 1 saturated heterocycles. The highest BCUT2D eigenvalue weighted by molar-refractivity contribution is 8.04. The first-order valence-corrected chi connectivity index (χ1v) is 16.0. The number of carbonyl (C=O) groups excluding carboxylic acids is 3. The molecule has 20 heteroatoms. The molecule has 2 aromatic rings. The number of rotatable bonds is 10. The number of fused-ring (bicyclic) bond motifs is 1. The van der Waals surface area contributed by atoms with E-state index in [4.69, 9.17) is 20.4 Å². The first-order chi connectivity index (χ1) is 21.5. The molecule has 2 aliphatic heterocycles. The van der Waals surface area contributed by atoms with Gasteiger partial charge < -0.3 is 30.8 Å². The molecule has 0 spiro atoms. The maximum atomic E-state index is 13.1. The molecule has 0 unspecified atom stereocenters. The van der Waals surface area contributed by atoms with E-state index >= 15 is 0 Å². The number of hydrogen-bond donors (Lipinski definition) is 4. The predicted octanol–water partition coefficient (Wildman–Crippen LogP) is 1.64. The molecular formula is C26H32N8O9S3. The van der Waals surface area contributed by atoms with Gasteiger partial charge in [0.1, 0.15) is 29.9 Å². The summed E-state index contributed by atoms with van der Waals surface area (Å²) in [5.41, 5.74) is 5.07. The lowest BCUT2D eigenvalue weighted by molar-refractivity contribution is -0.150. The number of hydrogen-bond acceptors (Lipinski definition) is 15. The predicted molar refractivity (Wildman–Crippen MR) is 169 cm³/mol. The van der Waals surface area contributed by atoms with Gasteiger partial charge in [0.05, 0.1) is 12.5 Å². The Hall–Kier alpha value is -4.43. The van der Waals surface area contributed by atoms with Crippen LogP contribution in [0, 0.1) is 5.41 Å². The van der Waals surface area contributed by atoms with Crippen LogP contribution in [0.4, 0.5) is 5.13 Å². The third-order valence-electron chi connectivity index (χ3n) is 6.13. The van der Waals surface area contributed by atoms with Crippen LogP contribution in [0.5, 0.6) is 0 Å². The molecule has 46 heavy (non-hydrogen) atoms. The third-order valence-corrected chi connectivity index (χ3v) is 8.92. The van der Waals surface area contributed by atoms with Crippen molar-refractivity contribution in [2.45, 2.75) is 50.8 Å². The van der Waals surface area contributed by atoms with Crippen molar-refractivity contribution in [3.8, 4) is 0 Å². The summed E-state index contributed by atoms with van der Waals surface area (Å²) in [5.74, 6) is -4.04. The van der Waals surface area contributed by atoms with E-state index in [-0.39, 0.29) is 39.0 Å². The van der Waals surface area contributed by atoms with E-state index in [1.807, 2.05) is 0 Å². The number of nitrogens with one attached hydrogen (secondary N) is 1. The first kappa shape index (κ1) is 36.0. The number of aromatic nitrogens is 4. The summed E-state index contributed by atoms with van der Waals surface area (Å²) in [7, 11) is 2.48. The zero-order valence-corrected chi connectivity index (χ0v) is 28.0. The third kappa shape index (κ3) is 7.85. The molecule has 0 aromatic carbocycles. The Labute approximate surface area is 275 Å². The van der Waals surface area contributed by atoms with Crippen molar-refractivity contribution >= 4 is 75.4 Å². The van der Waals surface area contributed by atoms with E-state index in [0.717, 1.165) is 39.8 Å². The van der Waals surface area contributed by atoms with Crippen LogP contribution in [0.1, 0.15) is 44.0 Å². The van der Waals surface area contributed by atoms with Crippen LogP contribution in [0.25, 0.3) is 0 Å². The van der Waals surface area contributed by atoms with Crippen molar-refractivity contribution in [3.05, 3.63) is 39.7 Å². The minimum Gasteiger partial charge on any atom is -0.481 e. The number of thiazole rings is 1. The fourth-order valence-corrected chi connectivity index (χ4v) is 6.48. The van der Waals surface area contributed by atoms with Crippen molar-refractivity contribution in [2.24, 2.45) is 10.6 Å². The standard InChI is InChI=1S/C21H22N8O7S3.C5H10O2/c1-5-28-14(19(34)35-3)25-21(26-28)38-6-9-8(2)39-17-12(16(31)29(17)13(9)18(32)33)24-15(30)11(27-36-4)10-7-37-20(22)23-10;1-5(2,3)4(6)7/h7,12,17H,2,5-6H2,1,3-4H3,(H2,22,23)(H,24,30)(H,32,33);1-3H3,(H,6,7)/t12-,17-;/m1./s1. The van der Waals surface area contributed by atoms with Crippen LogP contribution in [0.3, 0.4) is 0 Å². The Morgan fingerprint density at radius 2 is 1.87 bits per heavy atom. The summed E-state index contributed by atoms with van der Waals surface area (Å²) in [5, 5.41) is 30.0. The van der Waals surface area contributed by atoms with Crippen molar-refractivity contribution in [1.82, 2.24) is 30.0 Å². The van der Waals surface area contributed by atoms with Gasteiger partial charge in [0.25, 0.3) is 11.8 Å². The van der Waals surface area contributed by atoms with Crippen molar-refractivity contribution in [3.63, 3.8) is 0 Å². The van der Waals surface area contributed by atoms with Gasteiger partial charge in [-0.2, -0.15) is 4.98 Å². The van der Waals surface area contributed by atoms with Gasteiger partial charge in [-0.05, 0) is 27.7 Å². The van der Waals surface area contributed by atoms with E-state index in [9.17, 15) is 29.1 Å². The summed E-state index contributed by atoms with van der Waals surface area (Å²) in [6.07, 6.45) is 0. The van der Waals surface area contributed by atoms with Crippen LogP contribution >= 0.6 is 34.9 Å². The minimum absolute atomic E-state index is 0.0140. The number of ether oxygens (including phenoxy) is 1. The van der Waals surface area contributed by atoms with E-state index in [0.29, 0.717) is 17.0 Å². The smallest absolute Gasteiger partial charge is 0.375 e. The zero-order valence-electron chi connectivity index (χ0n) is 25.6. The molecule has 1 fully saturated rings. The van der Waals surface area contributed by atoms with E-state index in [2.05, 4.69) is 32.1 Å². The molecule has 5 N–H and O–H groups in total. The Morgan fingerprint density at radius 1 is 1.22 bits per heavy atom. The topological polar surface area (TPSA) is 242 Å². The van der Waals surface area contributed by atoms with Crippen LogP contribution in [0.2, 0.25) is 0 Å². The largest absolute Gasteiger partial charge is 0.481 e. The quantitative estimate of drug-likeness (QED) is 0.0907. The number of β-lactam (4-membered cyclic amide) rings is 1. The fourth-order valence-electron chi connectivity index (χ4n) is 3.71. The number of nitrogen functional groups attached to an aromatic ring is 1. The average molecular weight is 697 g/mol. The fraction of sp³-hybridized carbons (Fsp3) is 0.423. The molecule has 2 amide bonds. The number of oxime groups is 1. The van der Waals surface area contributed by atoms with Gasteiger partial charge in [-0.3, -0.25) is 19.3 Å². The molecular weight excluding hydrogens is 665 g/mol. The first-order valence-electron chi connectivity index (χ1n) is 13.2. The number of aryl methyl sites for hydroxylation is 1. The average Bonchev–Trinajstić information content (AvgIpc) is 3.62. The van der Waals surface area contributed by atoms with Crippen LogP contribution in [-0.4, -0.2) is 102 Å². The van der Waals surface area contributed by atoms with E-state index < -0.39 is 46.6 Å². The Morgan fingerprint density at radius 3 is 2.37 bits per heavy atom. The lowest BCUT2D eigenvalue weighted by Crippen LogP contribution is -2.70. The molecule has 4 heterocycles. The lowest BCUT2D eigenvalue weighted by atomic mass is 9.98. The van der Waals surface area contributed by atoms with Gasteiger partial charge in [0.2, 0.25) is 11.0 Å². The summed E-state index contributed by atoms with van der Waals surface area (Å²) < 4.78 is 6.09. The monoisotopic (exact) mass is 696 g/mol. The number of nitrogens with zero attached hydrogens (tertiary/aromatic N) is 6. The number of carboxylic acids is 2. The summed E-state index contributed by atoms with van der Waals surface area (Å²) in [6, 6.07) is -1.05. The van der Waals surface area contributed by atoms with Gasteiger partial charge in [-0.15, -0.1) is 16.4 Å². The number of allylic oxidation sites excluding steroid dienone is 1. The number of carboxylic acid groups (broad SMARTS) is 2. The summed E-state index contributed by atoms with van der Waals surface area (Å²) in [6.45, 7) is 11.1. The lowest BCUT2D eigenvalue weighted by Gasteiger charge is -2.49. The SMILES string of the molecule is C=C1S[C@@H]2[C@H](NC(=O)C(=NOC)c3csc(N)n3)C(=O)N2C(C(=O)O)=C1CSc1nc(C(=O)OC)n(CC)n1.CC(C)(C)C(=O)O. The van der Waals surface area contributed by atoms with Gasteiger partial charge in [0, 0.05) is 28.2 Å². The van der Waals surface area contributed by atoms with Crippen LogP contribution < -0.4 is 11.1 Å². The summed E-state index contributed by atoms with van der Waals surface area (Å²) in [4.78, 5) is 74.6. The van der Waals surface area contributed by atoms with Gasteiger partial charge in [-0.1, -0.05) is 35.3 Å². The molecule has 0 saturated carbocycles. The molecule has 2 aromatic heterocycles. The molecule has 4 rings (SSSR count). The van der Waals surface area contributed by atoms with Gasteiger partial charge in [0.15, 0.2) is 10.8 Å². The number of amides is 2. The molecule has 17 nitrogen and oxygen atoms in total. The Balaban J connectivity index is 0.000000738. The molecule has 248 valence electrons. The number of anilines is 1. The number of carbonyl (C=O) groups is 5. The van der Waals surface area contributed by atoms with Crippen molar-refractivity contribution < 1.29 is 43.8 Å². The number of methoxy groups -OCH3 is 1. The van der Waals surface area contributed by atoms with Crippen molar-refractivity contribution in [1.29, 1.82) is 0 Å². The second-order valence-electron chi connectivity index (χ2n) is 10.3. The van der Waals surface area contributed by atoms with Crippen molar-refractivity contribution in [2.75, 3.05) is 25.7 Å². The molecule has 2 aliphatic rings. The molecule has 2 atom stereocenters. The zero-order chi connectivity index (χ0) is 34.5. The number of nitrogens with two attached hydrogens (primary N) is 1. The number of thioether (sulfide) groups is 2. The summed E-state index contributed by atoms with van der Waals surface area (Å²) >= 11 is 3.32. The van der Waals surface area contributed by atoms with E-state index in [1.165, 1.54) is 24.3 Å². The highest BCUT2D eigenvalue weighted by Gasteiger charge is 2.55. The normalized spacial score (nSPS) is 17.8. The number of esters is 1. The minimum atomic E-state index is -1.34. The van der Waals surface area contributed by atoms with E-state index in [1.54, 1.807) is 27.7 Å². The van der Waals surface area contributed by atoms with Crippen LogP contribution in [0.15, 0.2) is 38.4 Å². The number of aliphatic carboxylic acids is 2. The highest BCUT2D eigenvalue weighted by Crippen LogP contribution is 2.46. The molecule has 0 radical (unpaired) electrons. The second-order valence-corrected chi connectivity index (χ2v) is 13.3. The maximum absolute atomic E-state index is 13.1. The Bertz CT molecular complexity index is 1630. The van der Waals surface area contributed by atoms with Crippen LogP contribution in [-0.2, 0) is 35.3 Å². The molecule has 0 aliphatic carbocycles. The maximum Gasteiger partial charge on any atom is 0.375 e. The highest BCUT2D eigenvalue weighted by atomic mass is 32.2. The Kier molecular flexibility index (Phi) is 11.6. The van der Waals surface area contributed by atoms with Gasteiger partial charge >= 0.3 is 17.9 Å². The molecule has 0 bridgehead atoms.